The lowest BCUT2D eigenvalue weighted by molar-refractivity contribution is 0.0420. The first-order valence-corrected chi connectivity index (χ1v) is 9.98. The van der Waals surface area contributed by atoms with E-state index in [9.17, 15) is 10.2 Å². The van der Waals surface area contributed by atoms with Gasteiger partial charge in [0, 0.05) is 0 Å². The van der Waals surface area contributed by atoms with Gasteiger partial charge < -0.3 is 10.2 Å². The Morgan fingerprint density at radius 3 is 1.33 bits per heavy atom. The van der Waals surface area contributed by atoms with E-state index in [4.69, 9.17) is 0 Å². The number of hydrogen-bond acceptors (Lipinski definition) is 2. The molecule has 2 heteroatoms. The van der Waals surface area contributed by atoms with Gasteiger partial charge in [0.2, 0.25) is 0 Å². The van der Waals surface area contributed by atoms with Crippen LogP contribution in [0.1, 0.15) is 90.9 Å². The fraction of sp³-hybridized carbons (Fsp3) is 0.818. The van der Waals surface area contributed by atoms with Crippen LogP contribution in [0.3, 0.4) is 0 Å². The third kappa shape index (κ3) is 5.84. The van der Waals surface area contributed by atoms with Gasteiger partial charge in [0.05, 0.1) is 0 Å². The summed E-state index contributed by atoms with van der Waals surface area (Å²) in [6.45, 7) is 4.44. The van der Waals surface area contributed by atoms with E-state index in [1.807, 2.05) is 0 Å². The van der Waals surface area contributed by atoms with Crippen LogP contribution in [0.4, 0.5) is 0 Å². The summed E-state index contributed by atoms with van der Waals surface area (Å²) >= 11 is 0. The standard InChI is InChI=1S/C22H34O2/c1-3-7-19-9-15-21(23,16-10-19)13-5-6-14-22(24)17-11-20(8-4-2)12-18-22/h19-20,23-24H,3-4,7-12,15-18H2,1-2H3. The van der Waals surface area contributed by atoms with Gasteiger partial charge in [-0.1, -0.05) is 51.4 Å². The van der Waals surface area contributed by atoms with Crippen molar-refractivity contribution in [1.82, 2.24) is 0 Å². The lowest BCUT2D eigenvalue weighted by Gasteiger charge is -2.32. The quantitative estimate of drug-likeness (QED) is 0.748. The third-order valence-corrected chi connectivity index (χ3v) is 5.91. The molecule has 2 fully saturated rings. The van der Waals surface area contributed by atoms with E-state index in [2.05, 4.69) is 37.5 Å². The Bertz CT molecular complexity index is 450. The summed E-state index contributed by atoms with van der Waals surface area (Å²) in [4.78, 5) is 0. The van der Waals surface area contributed by atoms with Gasteiger partial charge in [-0.2, -0.15) is 0 Å². The van der Waals surface area contributed by atoms with Crippen LogP contribution >= 0.6 is 0 Å². The molecule has 2 saturated carbocycles. The van der Waals surface area contributed by atoms with Gasteiger partial charge in [0.15, 0.2) is 0 Å². The molecule has 2 aliphatic carbocycles. The molecule has 0 radical (unpaired) electrons. The van der Waals surface area contributed by atoms with E-state index in [1.165, 1.54) is 25.7 Å². The van der Waals surface area contributed by atoms with E-state index < -0.39 is 11.2 Å². The lowest BCUT2D eigenvalue weighted by Crippen LogP contribution is -2.32. The molecular formula is C22H34O2. The maximum absolute atomic E-state index is 10.5. The van der Waals surface area contributed by atoms with Crippen LogP contribution in [0.5, 0.6) is 0 Å². The summed E-state index contributed by atoms with van der Waals surface area (Å²) in [7, 11) is 0. The van der Waals surface area contributed by atoms with Crippen molar-refractivity contribution in [3.8, 4) is 23.7 Å². The SMILES string of the molecule is CCCC1CCC(O)(C#CC#CC2(O)CCC(CCC)CC2)CC1. The highest BCUT2D eigenvalue weighted by molar-refractivity contribution is 5.33. The van der Waals surface area contributed by atoms with Crippen LogP contribution in [0.25, 0.3) is 0 Å². The van der Waals surface area contributed by atoms with Crippen LogP contribution in [0, 0.1) is 35.5 Å². The topological polar surface area (TPSA) is 40.5 Å². The van der Waals surface area contributed by atoms with Crippen LogP contribution in [-0.4, -0.2) is 21.4 Å². The molecule has 0 aromatic heterocycles. The van der Waals surface area contributed by atoms with E-state index in [0.717, 1.165) is 63.2 Å². The first kappa shape index (κ1) is 19.4. The van der Waals surface area contributed by atoms with Crippen molar-refractivity contribution in [3.05, 3.63) is 0 Å². The predicted octanol–water partition coefficient (Wildman–Crippen LogP) is 4.44. The minimum absolute atomic E-state index is 0.752. The molecule has 0 heterocycles. The fourth-order valence-corrected chi connectivity index (χ4v) is 4.25. The summed E-state index contributed by atoms with van der Waals surface area (Å²) in [6, 6.07) is 0. The second kappa shape index (κ2) is 8.94. The molecule has 0 atom stereocenters. The summed E-state index contributed by atoms with van der Waals surface area (Å²) < 4.78 is 0. The second-order valence-electron chi connectivity index (χ2n) is 8.03. The normalized spacial score (nSPS) is 36.2. The van der Waals surface area contributed by atoms with Gasteiger partial charge in [0.1, 0.15) is 11.2 Å². The second-order valence-corrected chi connectivity index (χ2v) is 8.03. The molecule has 2 rings (SSSR count). The average molecular weight is 331 g/mol. The molecule has 0 amide bonds. The molecular weight excluding hydrogens is 296 g/mol. The molecule has 2 aliphatic rings. The molecule has 134 valence electrons. The van der Waals surface area contributed by atoms with Crippen LogP contribution in [0.15, 0.2) is 0 Å². The molecule has 0 saturated heterocycles. The van der Waals surface area contributed by atoms with Crippen molar-refractivity contribution in [2.45, 2.75) is 102 Å². The molecule has 2 N–H and O–H groups in total. The van der Waals surface area contributed by atoms with Crippen molar-refractivity contribution in [2.24, 2.45) is 11.8 Å². The minimum Gasteiger partial charge on any atom is -0.378 e. The molecule has 0 aromatic rings. The van der Waals surface area contributed by atoms with Crippen LogP contribution in [0.2, 0.25) is 0 Å². The van der Waals surface area contributed by atoms with Gasteiger partial charge in [-0.15, -0.1) is 0 Å². The highest BCUT2D eigenvalue weighted by Crippen LogP contribution is 2.35. The Morgan fingerprint density at radius 1 is 0.708 bits per heavy atom. The molecule has 0 spiro atoms. The van der Waals surface area contributed by atoms with E-state index in [-0.39, 0.29) is 0 Å². The Balaban J connectivity index is 1.84. The molecule has 0 bridgehead atoms. The minimum atomic E-state index is -0.861. The van der Waals surface area contributed by atoms with E-state index in [0.29, 0.717) is 0 Å². The Hall–Kier alpha value is -0.960. The zero-order chi connectivity index (χ0) is 17.5. The van der Waals surface area contributed by atoms with Crippen molar-refractivity contribution < 1.29 is 10.2 Å². The van der Waals surface area contributed by atoms with Crippen molar-refractivity contribution >= 4 is 0 Å². The smallest absolute Gasteiger partial charge is 0.126 e. The lowest BCUT2D eigenvalue weighted by atomic mass is 9.77. The maximum Gasteiger partial charge on any atom is 0.126 e. The van der Waals surface area contributed by atoms with Crippen molar-refractivity contribution in [2.75, 3.05) is 0 Å². The zero-order valence-electron chi connectivity index (χ0n) is 15.5. The Morgan fingerprint density at radius 2 is 1.04 bits per heavy atom. The zero-order valence-corrected chi connectivity index (χ0v) is 15.5. The first-order chi connectivity index (χ1) is 11.5. The van der Waals surface area contributed by atoms with Gasteiger partial charge in [-0.3, -0.25) is 0 Å². The predicted molar refractivity (Wildman–Crippen MR) is 99.2 cm³/mol. The van der Waals surface area contributed by atoms with E-state index in [1.54, 1.807) is 0 Å². The van der Waals surface area contributed by atoms with Crippen molar-refractivity contribution in [3.63, 3.8) is 0 Å². The average Bonchev–Trinajstić information content (AvgIpc) is 2.57. The number of aliphatic hydroxyl groups is 2. The largest absolute Gasteiger partial charge is 0.378 e. The third-order valence-electron chi connectivity index (χ3n) is 5.91. The number of rotatable bonds is 4. The summed E-state index contributed by atoms with van der Waals surface area (Å²) in [5.74, 6) is 13.1. The van der Waals surface area contributed by atoms with E-state index >= 15 is 0 Å². The molecule has 0 aliphatic heterocycles. The maximum atomic E-state index is 10.5. The monoisotopic (exact) mass is 330 g/mol. The molecule has 0 aromatic carbocycles. The van der Waals surface area contributed by atoms with Crippen LogP contribution < -0.4 is 0 Å². The first-order valence-electron chi connectivity index (χ1n) is 9.98. The Labute approximate surface area is 148 Å². The van der Waals surface area contributed by atoms with Gasteiger partial charge in [-0.05, 0) is 75.0 Å². The van der Waals surface area contributed by atoms with Gasteiger partial charge in [-0.25, -0.2) is 0 Å². The fourth-order valence-electron chi connectivity index (χ4n) is 4.25. The highest BCUT2D eigenvalue weighted by atomic mass is 16.3. The van der Waals surface area contributed by atoms with Gasteiger partial charge >= 0.3 is 0 Å². The molecule has 0 unspecified atom stereocenters. The highest BCUT2D eigenvalue weighted by Gasteiger charge is 2.32. The summed E-state index contributed by atoms with van der Waals surface area (Å²) in [5, 5.41) is 21.1. The van der Waals surface area contributed by atoms with Crippen molar-refractivity contribution in [1.29, 1.82) is 0 Å². The summed E-state index contributed by atoms with van der Waals surface area (Å²) in [6.07, 6.45) is 12.3. The van der Waals surface area contributed by atoms with Gasteiger partial charge in [0.25, 0.3) is 0 Å². The molecule has 24 heavy (non-hydrogen) atoms. The summed E-state index contributed by atoms with van der Waals surface area (Å²) in [5.41, 5.74) is -1.72. The Kier molecular flexibility index (Phi) is 7.21. The molecule has 2 nitrogen and oxygen atoms in total. The van der Waals surface area contributed by atoms with Crippen LogP contribution in [-0.2, 0) is 0 Å². The number of hydrogen-bond donors (Lipinski definition) is 2.